The van der Waals surface area contributed by atoms with Crippen molar-refractivity contribution in [1.82, 2.24) is 9.36 Å². The predicted octanol–water partition coefficient (Wildman–Crippen LogP) is 4.63. The van der Waals surface area contributed by atoms with Gasteiger partial charge in [-0.15, -0.1) is 0 Å². The summed E-state index contributed by atoms with van der Waals surface area (Å²) in [6, 6.07) is 14.6. The zero-order valence-corrected chi connectivity index (χ0v) is 18.0. The van der Waals surface area contributed by atoms with Crippen molar-refractivity contribution in [1.29, 1.82) is 0 Å². The van der Waals surface area contributed by atoms with Crippen molar-refractivity contribution >= 4 is 22.4 Å². The second-order valence-electron chi connectivity index (χ2n) is 6.70. The summed E-state index contributed by atoms with van der Waals surface area (Å²) in [7, 11) is 2.08. The van der Waals surface area contributed by atoms with Crippen LogP contribution in [0, 0.1) is 5.82 Å². The number of para-hydroxylation sites is 2. The van der Waals surface area contributed by atoms with Gasteiger partial charge in [-0.3, -0.25) is 0 Å². The fraction of sp³-hybridized carbons (Fsp3) is 0.364. The highest BCUT2D eigenvalue weighted by Crippen LogP contribution is 2.27. The van der Waals surface area contributed by atoms with Crippen LogP contribution < -0.4 is 14.5 Å². The van der Waals surface area contributed by atoms with E-state index in [1.807, 2.05) is 25.1 Å². The molecule has 3 rings (SSSR count). The van der Waals surface area contributed by atoms with Gasteiger partial charge in [-0.2, -0.15) is 4.37 Å². The van der Waals surface area contributed by atoms with E-state index in [1.165, 1.54) is 23.7 Å². The van der Waals surface area contributed by atoms with Crippen molar-refractivity contribution in [2.75, 3.05) is 43.1 Å². The summed E-state index contributed by atoms with van der Waals surface area (Å²) >= 11 is 1.41. The molecular formula is C22H27FN4OS. The maximum absolute atomic E-state index is 13.1. The molecule has 7 heteroatoms. The molecule has 0 amide bonds. The Morgan fingerprint density at radius 1 is 1.03 bits per heavy atom. The van der Waals surface area contributed by atoms with E-state index in [0.717, 1.165) is 47.6 Å². The molecule has 0 bridgehead atoms. The maximum atomic E-state index is 13.1. The Kier molecular flexibility index (Phi) is 7.41. The molecule has 0 saturated heterocycles. The first kappa shape index (κ1) is 21.0. The lowest BCUT2D eigenvalue weighted by Crippen LogP contribution is -2.33. The van der Waals surface area contributed by atoms with Crippen molar-refractivity contribution in [3.05, 3.63) is 65.7 Å². The van der Waals surface area contributed by atoms with E-state index in [2.05, 4.69) is 34.2 Å². The third-order valence-corrected chi connectivity index (χ3v) is 5.48. The minimum atomic E-state index is -0.229. The van der Waals surface area contributed by atoms with Gasteiger partial charge >= 0.3 is 0 Å². The summed E-state index contributed by atoms with van der Waals surface area (Å²) in [6.07, 6.45) is 0.607. The average molecular weight is 415 g/mol. The van der Waals surface area contributed by atoms with Crippen LogP contribution in [0.15, 0.2) is 48.5 Å². The molecule has 154 valence electrons. The van der Waals surface area contributed by atoms with Crippen LogP contribution in [0.2, 0.25) is 0 Å². The van der Waals surface area contributed by atoms with E-state index in [9.17, 15) is 4.39 Å². The van der Waals surface area contributed by atoms with Crippen molar-refractivity contribution < 1.29 is 9.13 Å². The van der Waals surface area contributed by atoms with Gasteiger partial charge in [-0.1, -0.05) is 24.3 Å². The van der Waals surface area contributed by atoms with Gasteiger partial charge in [0.2, 0.25) is 5.13 Å². The molecule has 0 saturated carbocycles. The monoisotopic (exact) mass is 414 g/mol. The Morgan fingerprint density at radius 2 is 1.79 bits per heavy atom. The number of ether oxygens (including phenoxy) is 1. The second kappa shape index (κ2) is 10.2. The topological polar surface area (TPSA) is 41.5 Å². The van der Waals surface area contributed by atoms with Crippen LogP contribution >= 0.6 is 11.5 Å². The average Bonchev–Trinajstić information content (AvgIpc) is 3.19. The van der Waals surface area contributed by atoms with Crippen LogP contribution in [0.1, 0.15) is 25.2 Å². The van der Waals surface area contributed by atoms with Gasteiger partial charge in [-0.25, -0.2) is 9.37 Å². The summed E-state index contributed by atoms with van der Waals surface area (Å²) in [6.45, 7) is 7.28. The van der Waals surface area contributed by atoms with Crippen LogP contribution in [-0.2, 0) is 6.42 Å². The first-order valence-corrected chi connectivity index (χ1v) is 10.6. The van der Waals surface area contributed by atoms with Crippen LogP contribution in [-0.4, -0.2) is 42.6 Å². The summed E-state index contributed by atoms with van der Waals surface area (Å²) in [5.41, 5.74) is 2.09. The molecule has 5 nitrogen and oxygen atoms in total. The standard InChI is InChI=1S/C22H27FN4OS/c1-4-27(15-14-26(3)19-8-6-7-9-20(19)28-5-2)22-24-21(25-29-22)16-17-10-12-18(23)13-11-17/h6-13H,4-5,14-16H2,1-3H3. The van der Waals surface area contributed by atoms with Crippen LogP contribution in [0.4, 0.5) is 15.2 Å². The number of rotatable bonds is 10. The second-order valence-corrected chi connectivity index (χ2v) is 7.43. The summed E-state index contributed by atoms with van der Waals surface area (Å²) < 4.78 is 23.3. The number of anilines is 2. The lowest BCUT2D eigenvalue weighted by Gasteiger charge is -2.26. The van der Waals surface area contributed by atoms with Crippen molar-refractivity contribution in [3.8, 4) is 5.75 Å². The highest BCUT2D eigenvalue weighted by atomic mass is 32.1. The third kappa shape index (κ3) is 5.67. The highest BCUT2D eigenvalue weighted by molar-refractivity contribution is 7.09. The van der Waals surface area contributed by atoms with Gasteiger partial charge in [0.25, 0.3) is 0 Å². The molecule has 0 radical (unpaired) electrons. The quantitative estimate of drug-likeness (QED) is 0.484. The molecular weight excluding hydrogens is 387 g/mol. The predicted molar refractivity (Wildman–Crippen MR) is 118 cm³/mol. The Bertz CT molecular complexity index is 900. The summed E-state index contributed by atoms with van der Waals surface area (Å²) in [5, 5.41) is 0.913. The van der Waals surface area contributed by atoms with Gasteiger partial charge in [-0.05, 0) is 43.7 Å². The molecule has 0 aliphatic rings. The number of benzene rings is 2. The minimum Gasteiger partial charge on any atom is -0.492 e. The van der Waals surface area contributed by atoms with Crippen LogP contribution in [0.5, 0.6) is 5.75 Å². The van der Waals surface area contributed by atoms with E-state index in [4.69, 9.17) is 9.72 Å². The molecule has 0 atom stereocenters. The first-order valence-electron chi connectivity index (χ1n) is 9.85. The number of likely N-dealkylation sites (N-methyl/N-ethyl adjacent to an activating group) is 2. The molecule has 1 heterocycles. The normalized spacial score (nSPS) is 10.8. The smallest absolute Gasteiger partial charge is 0.205 e. The fourth-order valence-electron chi connectivity index (χ4n) is 3.06. The molecule has 0 aliphatic carbocycles. The van der Waals surface area contributed by atoms with E-state index in [-0.39, 0.29) is 5.82 Å². The third-order valence-electron chi connectivity index (χ3n) is 4.67. The molecule has 1 aromatic heterocycles. The molecule has 0 fully saturated rings. The molecule has 0 spiro atoms. The van der Waals surface area contributed by atoms with E-state index in [0.29, 0.717) is 13.0 Å². The molecule has 3 aromatic rings. The van der Waals surface area contributed by atoms with Crippen LogP contribution in [0.25, 0.3) is 0 Å². The molecule has 0 N–H and O–H groups in total. The van der Waals surface area contributed by atoms with Crippen molar-refractivity contribution in [2.24, 2.45) is 0 Å². The number of aromatic nitrogens is 2. The lowest BCUT2D eigenvalue weighted by molar-refractivity contribution is 0.340. The number of hydrogen-bond acceptors (Lipinski definition) is 6. The SMILES string of the molecule is CCOc1ccccc1N(C)CCN(CC)c1nc(Cc2ccc(F)cc2)ns1. The molecule has 0 aliphatic heterocycles. The fourth-order valence-corrected chi connectivity index (χ4v) is 3.83. The van der Waals surface area contributed by atoms with Gasteiger partial charge in [0, 0.05) is 44.6 Å². The Morgan fingerprint density at radius 3 is 2.52 bits per heavy atom. The van der Waals surface area contributed by atoms with E-state index in [1.54, 1.807) is 12.1 Å². The molecule has 0 unspecified atom stereocenters. The lowest BCUT2D eigenvalue weighted by atomic mass is 10.1. The van der Waals surface area contributed by atoms with E-state index < -0.39 is 0 Å². The summed E-state index contributed by atoms with van der Waals surface area (Å²) in [4.78, 5) is 9.12. The highest BCUT2D eigenvalue weighted by Gasteiger charge is 2.14. The first-order chi connectivity index (χ1) is 14.1. The summed E-state index contributed by atoms with van der Waals surface area (Å²) in [5.74, 6) is 1.44. The molecule has 2 aromatic carbocycles. The van der Waals surface area contributed by atoms with Gasteiger partial charge in [0.15, 0.2) is 0 Å². The van der Waals surface area contributed by atoms with Crippen molar-refractivity contribution in [3.63, 3.8) is 0 Å². The number of hydrogen-bond donors (Lipinski definition) is 0. The maximum Gasteiger partial charge on any atom is 0.205 e. The van der Waals surface area contributed by atoms with Crippen molar-refractivity contribution in [2.45, 2.75) is 20.3 Å². The largest absolute Gasteiger partial charge is 0.492 e. The zero-order valence-electron chi connectivity index (χ0n) is 17.1. The van der Waals surface area contributed by atoms with Gasteiger partial charge in [0.05, 0.1) is 12.3 Å². The van der Waals surface area contributed by atoms with Gasteiger partial charge < -0.3 is 14.5 Å². The van der Waals surface area contributed by atoms with Crippen LogP contribution in [0.3, 0.4) is 0 Å². The number of nitrogens with zero attached hydrogens (tertiary/aromatic N) is 4. The Labute approximate surface area is 175 Å². The van der Waals surface area contributed by atoms with Gasteiger partial charge in [0.1, 0.15) is 17.4 Å². The Hall–Kier alpha value is -2.67. The Balaban J connectivity index is 1.62. The number of halogens is 1. The van der Waals surface area contributed by atoms with E-state index >= 15 is 0 Å². The minimum absolute atomic E-state index is 0.229. The zero-order chi connectivity index (χ0) is 20.6. The molecule has 29 heavy (non-hydrogen) atoms.